The normalized spacial score (nSPS) is 19.0. The Morgan fingerprint density at radius 2 is 1.88 bits per heavy atom. The van der Waals surface area contributed by atoms with Crippen molar-refractivity contribution in [2.45, 2.75) is 17.9 Å². The highest BCUT2D eigenvalue weighted by molar-refractivity contribution is 7.89. The Kier molecular flexibility index (Phi) is 4.45. The number of benzene rings is 1. The summed E-state index contributed by atoms with van der Waals surface area (Å²) < 4.78 is 54.4. The minimum Gasteiger partial charge on any atom is -0.345 e. The van der Waals surface area contributed by atoms with E-state index in [1.165, 1.54) is 28.2 Å². The van der Waals surface area contributed by atoms with Crippen LogP contribution in [0.5, 0.6) is 0 Å². The van der Waals surface area contributed by atoms with Crippen molar-refractivity contribution in [2.24, 2.45) is 7.05 Å². The lowest BCUT2D eigenvalue weighted by atomic mass is 10.1. The van der Waals surface area contributed by atoms with Gasteiger partial charge >= 0.3 is 0 Å². The summed E-state index contributed by atoms with van der Waals surface area (Å²) in [6.07, 6.45) is 4.63. The molecule has 9 heteroatoms. The number of amides is 1. The second kappa shape index (κ2) is 6.33. The molecule has 1 aliphatic rings. The average molecular weight is 381 g/mol. The molecule has 0 saturated carbocycles. The highest BCUT2D eigenvalue weighted by Crippen LogP contribution is 2.30. The fraction of sp³-hybridized carbons (Fsp3) is 0.235. The van der Waals surface area contributed by atoms with Crippen molar-refractivity contribution in [3.05, 3.63) is 53.4 Å². The maximum Gasteiger partial charge on any atom is 0.272 e. The minimum absolute atomic E-state index is 0.0125. The first-order valence-electron chi connectivity index (χ1n) is 7.75. The molecule has 0 saturated heterocycles. The standard InChI is InChI=1S/C17H17F2N3O3S/c1-10-4-6-12-15(26(24,25)22(10)3)9-21(2)16(12)17(23)20-11-5-7-13(18)14(19)8-11/h4-10H,1-3H3,(H,20,23). The summed E-state index contributed by atoms with van der Waals surface area (Å²) >= 11 is 0. The van der Waals surface area contributed by atoms with E-state index in [-0.39, 0.29) is 27.9 Å². The van der Waals surface area contributed by atoms with Crippen LogP contribution in [-0.2, 0) is 17.1 Å². The van der Waals surface area contributed by atoms with E-state index < -0.39 is 27.6 Å². The van der Waals surface area contributed by atoms with Crippen LogP contribution in [0.15, 0.2) is 35.4 Å². The predicted octanol–water partition coefficient (Wildman–Crippen LogP) is 2.59. The lowest BCUT2D eigenvalue weighted by molar-refractivity contribution is 0.101. The molecular weight excluding hydrogens is 364 g/mol. The number of nitrogens with one attached hydrogen (secondary N) is 1. The highest BCUT2D eigenvalue weighted by atomic mass is 32.2. The van der Waals surface area contributed by atoms with E-state index >= 15 is 0 Å². The molecule has 0 bridgehead atoms. The molecule has 1 aromatic carbocycles. The van der Waals surface area contributed by atoms with Gasteiger partial charge in [0.1, 0.15) is 10.6 Å². The number of carbonyl (C=O) groups excluding carboxylic acids is 1. The van der Waals surface area contributed by atoms with E-state index in [1.807, 2.05) is 0 Å². The minimum atomic E-state index is -3.77. The lowest BCUT2D eigenvalue weighted by Gasteiger charge is -2.19. The largest absolute Gasteiger partial charge is 0.345 e. The highest BCUT2D eigenvalue weighted by Gasteiger charge is 2.33. The van der Waals surface area contributed by atoms with Gasteiger partial charge in [-0.1, -0.05) is 12.2 Å². The molecule has 1 aromatic heterocycles. The number of carbonyl (C=O) groups is 1. The molecule has 1 amide bonds. The number of sulfonamides is 1. The van der Waals surface area contributed by atoms with Gasteiger partial charge in [0.25, 0.3) is 5.91 Å². The third-order valence-electron chi connectivity index (χ3n) is 4.35. The summed E-state index contributed by atoms with van der Waals surface area (Å²) in [5.74, 6) is -2.75. The lowest BCUT2D eigenvalue weighted by Crippen LogP contribution is -2.32. The molecule has 0 spiro atoms. The first kappa shape index (κ1) is 18.3. The van der Waals surface area contributed by atoms with Crippen molar-refractivity contribution in [3.8, 4) is 0 Å². The van der Waals surface area contributed by atoms with Gasteiger partial charge in [0.15, 0.2) is 11.6 Å². The molecule has 0 radical (unpaired) electrons. The maximum absolute atomic E-state index is 13.3. The Balaban J connectivity index is 2.06. The van der Waals surface area contributed by atoms with Crippen LogP contribution in [0.3, 0.4) is 0 Å². The number of hydrogen-bond donors (Lipinski definition) is 1. The Labute approximate surface area is 149 Å². The van der Waals surface area contributed by atoms with Crippen molar-refractivity contribution in [1.29, 1.82) is 0 Å². The number of anilines is 1. The van der Waals surface area contributed by atoms with E-state index in [0.717, 1.165) is 12.1 Å². The fourth-order valence-corrected chi connectivity index (χ4v) is 4.31. The summed E-state index contributed by atoms with van der Waals surface area (Å²) in [6, 6.07) is 2.61. The van der Waals surface area contributed by atoms with Gasteiger partial charge in [-0.05, 0) is 19.1 Å². The van der Waals surface area contributed by atoms with Crippen molar-refractivity contribution in [2.75, 3.05) is 12.4 Å². The van der Waals surface area contributed by atoms with E-state index in [2.05, 4.69) is 5.32 Å². The first-order chi connectivity index (χ1) is 12.1. The summed E-state index contributed by atoms with van der Waals surface area (Å²) in [5, 5.41) is 2.46. The van der Waals surface area contributed by atoms with Crippen molar-refractivity contribution in [1.82, 2.24) is 8.87 Å². The van der Waals surface area contributed by atoms with E-state index in [4.69, 9.17) is 0 Å². The second-order valence-electron chi connectivity index (χ2n) is 6.07. The number of aryl methyl sites for hydroxylation is 1. The molecule has 1 unspecified atom stereocenters. The summed E-state index contributed by atoms with van der Waals surface area (Å²) in [5.41, 5.74) is 0.422. The topological polar surface area (TPSA) is 71.4 Å². The molecule has 1 aliphatic heterocycles. The molecule has 0 aliphatic carbocycles. The quantitative estimate of drug-likeness (QED) is 0.869. The van der Waals surface area contributed by atoms with E-state index in [1.54, 1.807) is 26.1 Å². The zero-order valence-corrected chi connectivity index (χ0v) is 15.1. The molecule has 3 rings (SSSR count). The first-order valence-corrected chi connectivity index (χ1v) is 9.19. The SMILES string of the molecule is CC1C=Cc2c(cn(C)c2C(=O)Nc2ccc(F)c(F)c2)S(=O)(=O)N1C. The van der Waals surface area contributed by atoms with Crippen LogP contribution in [-0.4, -0.2) is 36.3 Å². The van der Waals surface area contributed by atoms with Gasteiger partial charge in [0, 0.05) is 43.7 Å². The van der Waals surface area contributed by atoms with Gasteiger partial charge in [-0.3, -0.25) is 4.79 Å². The van der Waals surface area contributed by atoms with E-state index in [9.17, 15) is 22.0 Å². The summed E-state index contributed by atoms with van der Waals surface area (Å²) in [7, 11) is -0.757. The number of fused-ring (bicyclic) bond motifs is 1. The van der Waals surface area contributed by atoms with Gasteiger partial charge in [-0.15, -0.1) is 0 Å². The molecular formula is C17H17F2N3O3S. The molecule has 138 valence electrons. The molecule has 1 N–H and O–H groups in total. The number of nitrogens with zero attached hydrogens (tertiary/aromatic N) is 2. The number of aromatic nitrogens is 1. The van der Waals surface area contributed by atoms with Crippen LogP contribution >= 0.6 is 0 Å². The molecule has 2 heterocycles. The Hall–Kier alpha value is -2.52. The maximum atomic E-state index is 13.3. The van der Waals surface area contributed by atoms with Crippen LogP contribution in [0.1, 0.15) is 23.0 Å². The molecule has 2 aromatic rings. The monoisotopic (exact) mass is 381 g/mol. The van der Waals surface area contributed by atoms with Crippen LogP contribution < -0.4 is 5.32 Å². The van der Waals surface area contributed by atoms with Gasteiger partial charge in [-0.25, -0.2) is 17.2 Å². The molecule has 1 atom stereocenters. The van der Waals surface area contributed by atoms with Gasteiger partial charge in [-0.2, -0.15) is 4.31 Å². The Bertz CT molecular complexity index is 1030. The Morgan fingerprint density at radius 3 is 2.54 bits per heavy atom. The Morgan fingerprint density at radius 1 is 1.19 bits per heavy atom. The summed E-state index contributed by atoms with van der Waals surface area (Å²) in [6.45, 7) is 1.72. The average Bonchev–Trinajstić information content (AvgIpc) is 2.89. The van der Waals surface area contributed by atoms with Gasteiger partial charge < -0.3 is 9.88 Å². The zero-order valence-electron chi connectivity index (χ0n) is 14.3. The van der Waals surface area contributed by atoms with Crippen LogP contribution in [0, 0.1) is 11.6 Å². The van der Waals surface area contributed by atoms with Gasteiger partial charge in [0.05, 0.1) is 0 Å². The number of likely N-dealkylation sites (N-methyl/N-ethyl adjacent to an activating group) is 1. The second-order valence-corrected chi connectivity index (χ2v) is 8.04. The van der Waals surface area contributed by atoms with Gasteiger partial charge in [0.2, 0.25) is 10.0 Å². The predicted molar refractivity (Wildman–Crippen MR) is 93.2 cm³/mol. The molecule has 6 nitrogen and oxygen atoms in total. The number of rotatable bonds is 2. The van der Waals surface area contributed by atoms with Crippen LogP contribution in [0.2, 0.25) is 0 Å². The van der Waals surface area contributed by atoms with Crippen LogP contribution in [0.25, 0.3) is 6.08 Å². The van der Waals surface area contributed by atoms with Crippen molar-refractivity contribution < 1.29 is 22.0 Å². The molecule has 0 fully saturated rings. The van der Waals surface area contributed by atoms with Crippen LogP contribution in [0.4, 0.5) is 14.5 Å². The smallest absolute Gasteiger partial charge is 0.272 e. The third kappa shape index (κ3) is 2.93. The third-order valence-corrected chi connectivity index (χ3v) is 6.32. The zero-order chi connectivity index (χ0) is 19.2. The number of hydrogen-bond acceptors (Lipinski definition) is 3. The summed E-state index contributed by atoms with van der Waals surface area (Å²) in [4.78, 5) is 12.7. The van der Waals surface area contributed by atoms with Crippen molar-refractivity contribution >= 4 is 27.7 Å². The fourth-order valence-electron chi connectivity index (χ4n) is 2.76. The number of halogens is 2. The molecule has 26 heavy (non-hydrogen) atoms. The van der Waals surface area contributed by atoms with Crippen molar-refractivity contribution in [3.63, 3.8) is 0 Å². The van der Waals surface area contributed by atoms with E-state index in [0.29, 0.717) is 0 Å².